The van der Waals surface area contributed by atoms with E-state index >= 15 is 0 Å². The van der Waals surface area contributed by atoms with Gasteiger partial charge in [-0.3, -0.25) is 14.5 Å². The van der Waals surface area contributed by atoms with Crippen LogP contribution in [-0.2, 0) is 0 Å². The number of carbonyl (C=O) groups is 2. The molecule has 22 heavy (non-hydrogen) atoms. The molecule has 0 spiro atoms. The first-order valence-electron chi connectivity index (χ1n) is 6.64. The Kier molecular flexibility index (Phi) is 3.55. The largest absolute Gasteiger partial charge is 0.269 e. The van der Waals surface area contributed by atoms with E-state index in [0.29, 0.717) is 11.6 Å². The maximum absolute atomic E-state index is 12.8. The van der Waals surface area contributed by atoms with Crippen LogP contribution in [0.2, 0.25) is 0 Å². The molecule has 0 saturated heterocycles. The third-order valence-electron chi connectivity index (χ3n) is 3.53. The molecule has 0 aliphatic carbocycles. The summed E-state index contributed by atoms with van der Waals surface area (Å²) in [6.45, 7) is 0. The molecule has 0 unspecified atom stereocenters. The van der Waals surface area contributed by atoms with Crippen molar-refractivity contribution in [3.8, 4) is 0 Å². The van der Waals surface area contributed by atoms with Gasteiger partial charge in [0.2, 0.25) is 0 Å². The Hall–Kier alpha value is -2.82. The van der Waals surface area contributed by atoms with E-state index in [1.54, 1.807) is 42.5 Å². The Morgan fingerprint density at radius 3 is 1.86 bits per heavy atom. The summed E-state index contributed by atoms with van der Waals surface area (Å²) in [6, 6.07) is 13.5. The number of imide groups is 1. The molecule has 2 amide bonds. The van der Waals surface area contributed by atoms with Crippen LogP contribution in [0.3, 0.4) is 0 Å². The van der Waals surface area contributed by atoms with Crippen molar-refractivity contribution in [1.82, 2.24) is 4.90 Å². The summed E-state index contributed by atoms with van der Waals surface area (Å²) in [5.41, 5.74) is 0.923. The Morgan fingerprint density at radius 2 is 1.36 bits per heavy atom. The first-order valence-corrected chi connectivity index (χ1v) is 6.64. The van der Waals surface area contributed by atoms with Crippen LogP contribution in [0, 0.1) is 0 Å². The number of fused-ring (bicyclic) bond motifs is 1. The lowest BCUT2D eigenvalue weighted by atomic mass is 10.1. The molecule has 3 rings (SSSR count). The minimum atomic E-state index is -1.94. The zero-order chi connectivity index (χ0) is 15.7. The second-order valence-electron chi connectivity index (χ2n) is 4.84. The van der Waals surface area contributed by atoms with E-state index in [0.717, 1.165) is 4.90 Å². The van der Waals surface area contributed by atoms with E-state index in [4.69, 9.17) is 0 Å². The zero-order valence-corrected chi connectivity index (χ0v) is 11.4. The number of carbonyl (C=O) groups excluding carboxylic acids is 2. The van der Waals surface area contributed by atoms with Gasteiger partial charge in [0.15, 0.2) is 0 Å². The second kappa shape index (κ2) is 5.52. The molecular formula is C17H11F2NO2. The van der Waals surface area contributed by atoms with E-state index < -0.39 is 23.9 Å². The molecule has 0 saturated carbocycles. The summed E-state index contributed by atoms with van der Waals surface area (Å²) in [4.78, 5) is 25.7. The molecule has 0 aromatic heterocycles. The molecule has 0 N–H and O–H groups in total. The van der Waals surface area contributed by atoms with Crippen LogP contribution in [0.5, 0.6) is 0 Å². The van der Waals surface area contributed by atoms with E-state index in [2.05, 4.69) is 0 Å². The predicted octanol–water partition coefficient (Wildman–Crippen LogP) is 3.80. The van der Waals surface area contributed by atoms with Gasteiger partial charge in [-0.05, 0) is 17.7 Å². The summed E-state index contributed by atoms with van der Waals surface area (Å²) in [5, 5.41) is 0. The Morgan fingerprint density at radius 1 is 0.864 bits per heavy atom. The number of amides is 2. The maximum atomic E-state index is 12.8. The van der Waals surface area contributed by atoms with Crippen LogP contribution in [0.1, 0.15) is 32.3 Å². The summed E-state index contributed by atoms with van der Waals surface area (Å²) < 4.78 is 25.6. The van der Waals surface area contributed by atoms with Gasteiger partial charge in [0.1, 0.15) is 0 Å². The van der Waals surface area contributed by atoms with Gasteiger partial charge in [-0.25, -0.2) is 0 Å². The topological polar surface area (TPSA) is 37.4 Å². The van der Waals surface area contributed by atoms with E-state index in [1.807, 2.05) is 0 Å². The Labute approximate surface area is 125 Å². The number of nitrogens with zero attached hydrogens (tertiary/aromatic N) is 1. The Balaban J connectivity index is 2.09. The van der Waals surface area contributed by atoms with Crippen molar-refractivity contribution in [2.75, 3.05) is 0 Å². The number of benzene rings is 2. The number of rotatable bonds is 3. The van der Waals surface area contributed by atoms with Gasteiger partial charge in [-0.1, -0.05) is 42.5 Å². The lowest BCUT2D eigenvalue weighted by Gasteiger charge is -2.23. The van der Waals surface area contributed by atoms with Gasteiger partial charge < -0.3 is 0 Å². The molecule has 1 heterocycles. The molecule has 1 atom stereocenters. The van der Waals surface area contributed by atoms with Crippen molar-refractivity contribution < 1.29 is 18.4 Å². The number of hydrogen-bond acceptors (Lipinski definition) is 2. The molecule has 0 bridgehead atoms. The highest BCUT2D eigenvalue weighted by atomic mass is 19.3. The number of halogens is 2. The van der Waals surface area contributed by atoms with Crippen LogP contribution in [-0.4, -0.2) is 16.7 Å². The predicted molar refractivity (Wildman–Crippen MR) is 76.4 cm³/mol. The molecule has 0 radical (unpaired) electrons. The molecule has 3 nitrogen and oxygen atoms in total. The van der Waals surface area contributed by atoms with E-state index in [1.165, 1.54) is 12.1 Å². The lowest BCUT2D eigenvalue weighted by Crippen LogP contribution is -2.33. The van der Waals surface area contributed by atoms with Crippen molar-refractivity contribution in [1.29, 1.82) is 0 Å². The van der Waals surface area contributed by atoms with Crippen LogP contribution in [0.25, 0.3) is 0 Å². The summed E-state index contributed by atoms with van der Waals surface area (Å²) in [5.74, 6) is -1.13. The van der Waals surface area contributed by atoms with Gasteiger partial charge >= 0.3 is 0 Å². The SMILES string of the molecule is O=C1c2ccccc2C(=O)N1[C@H](C=C(F)F)c1ccccc1. The molecule has 1 aliphatic heterocycles. The van der Waals surface area contributed by atoms with Crippen molar-refractivity contribution >= 4 is 11.8 Å². The summed E-state index contributed by atoms with van der Waals surface area (Å²) in [6.07, 6.45) is -1.32. The fraction of sp³-hybridized carbons (Fsp3) is 0.0588. The van der Waals surface area contributed by atoms with Crippen molar-refractivity contribution in [3.05, 3.63) is 83.4 Å². The minimum Gasteiger partial charge on any atom is -0.269 e. The third kappa shape index (κ3) is 2.30. The van der Waals surface area contributed by atoms with Gasteiger partial charge in [0.05, 0.1) is 17.2 Å². The molecule has 110 valence electrons. The molecule has 1 aliphatic rings. The zero-order valence-electron chi connectivity index (χ0n) is 11.4. The van der Waals surface area contributed by atoms with Crippen molar-refractivity contribution in [2.24, 2.45) is 0 Å². The average molecular weight is 299 g/mol. The standard InChI is InChI=1S/C17H11F2NO2/c18-15(19)10-14(11-6-2-1-3-7-11)20-16(21)12-8-4-5-9-13(12)17(20)22/h1-10,14H/t14-/m1/s1. The molecular weight excluding hydrogens is 288 g/mol. The first-order chi connectivity index (χ1) is 10.6. The smallest absolute Gasteiger partial charge is 0.268 e. The fourth-order valence-corrected chi connectivity index (χ4v) is 2.55. The number of hydrogen-bond donors (Lipinski definition) is 0. The minimum absolute atomic E-state index is 0.237. The molecule has 2 aromatic rings. The van der Waals surface area contributed by atoms with Crippen molar-refractivity contribution in [2.45, 2.75) is 6.04 Å². The van der Waals surface area contributed by atoms with Crippen LogP contribution in [0.15, 0.2) is 66.8 Å². The first kappa shape index (κ1) is 14.1. The lowest BCUT2D eigenvalue weighted by molar-refractivity contribution is 0.0611. The van der Waals surface area contributed by atoms with E-state index in [-0.39, 0.29) is 11.1 Å². The highest BCUT2D eigenvalue weighted by Gasteiger charge is 2.39. The van der Waals surface area contributed by atoms with Gasteiger partial charge in [-0.2, -0.15) is 8.78 Å². The van der Waals surface area contributed by atoms with Crippen LogP contribution in [0.4, 0.5) is 8.78 Å². The highest BCUT2D eigenvalue weighted by molar-refractivity contribution is 6.21. The molecule has 5 heteroatoms. The van der Waals surface area contributed by atoms with Gasteiger partial charge in [0, 0.05) is 6.08 Å². The van der Waals surface area contributed by atoms with E-state index in [9.17, 15) is 18.4 Å². The van der Waals surface area contributed by atoms with Crippen LogP contribution < -0.4 is 0 Å². The molecule has 2 aromatic carbocycles. The van der Waals surface area contributed by atoms with Crippen LogP contribution >= 0.6 is 0 Å². The highest BCUT2D eigenvalue weighted by Crippen LogP contribution is 2.33. The Bertz CT molecular complexity index is 732. The van der Waals surface area contributed by atoms with Gasteiger partial charge in [0.25, 0.3) is 17.9 Å². The second-order valence-corrected chi connectivity index (χ2v) is 4.84. The maximum Gasteiger partial charge on any atom is 0.268 e. The normalized spacial score (nSPS) is 14.7. The molecule has 0 fully saturated rings. The van der Waals surface area contributed by atoms with Gasteiger partial charge in [-0.15, -0.1) is 0 Å². The quantitative estimate of drug-likeness (QED) is 0.808. The monoisotopic (exact) mass is 299 g/mol. The third-order valence-corrected chi connectivity index (χ3v) is 3.53. The van der Waals surface area contributed by atoms with Crippen molar-refractivity contribution in [3.63, 3.8) is 0 Å². The average Bonchev–Trinajstić information content (AvgIpc) is 2.78. The fourth-order valence-electron chi connectivity index (χ4n) is 2.55. The summed E-state index contributed by atoms with van der Waals surface area (Å²) >= 11 is 0. The summed E-state index contributed by atoms with van der Waals surface area (Å²) in [7, 11) is 0.